The van der Waals surface area contributed by atoms with Crippen molar-refractivity contribution in [3.63, 3.8) is 0 Å². The average molecular weight is 195 g/mol. The normalized spacial score (nSPS) is 13.4. The van der Waals surface area contributed by atoms with Gasteiger partial charge in [-0.05, 0) is 23.8 Å². The molecule has 0 saturated carbocycles. The number of rotatable bonds is 7. The number of thioether (sulfide) groups is 1. The highest BCUT2D eigenvalue weighted by Gasteiger charge is 1.99. The van der Waals surface area contributed by atoms with Gasteiger partial charge in [-0.15, -0.1) is 11.6 Å². The van der Waals surface area contributed by atoms with Crippen LogP contribution in [0.1, 0.15) is 33.1 Å². The largest absolute Gasteiger partial charge is 0.162 e. The molecule has 0 spiro atoms. The third-order valence-corrected chi connectivity index (χ3v) is 3.26. The lowest BCUT2D eigenvalue weighted by Gasteiger charge is -2.08. The zero-order valence-corrected chi connectivity index (χ0v) is 9.18. The maximum Gasteiger partial charge on any atom is 0.0231 e. The molecule has 0 heterocycles. The van der Waals surface area contributed by atoms with E-state index in [0.717, 1.165) is 18.2 Å². The Morgan fingerprint density at radius 3 is 2.73 bits per heavy atom. The van der Waals surface area contributed by atoms with Crippen LogP contribution >= 0.6 is 23.4 Å². The van der Waals surface area contributed by atoms with Crippen LogP contribution in [0.2, 0.25) is 0 Å². The fourth-order valence-electron chi connectivity index (χ4n) is 1.02. The van der Waals surface area contributed by atoms with Crippen LogP contribution in [0.4, 0.5) is 0 Å². The summed E-state index contributed by atoms with van der Waals surface area (Å²) in [7, 11) is 0. The van der Waals surface area contributed by atoms with Crippen molar-refractivity contribution < 1.29 is 0 Å². The number of halogens is 1. The van der Waals surface area contributed by atoms with Crippen LogP contribution in [0.25, 0.3) is 0 Å². The topological polar surface area (TPSA) is 0 Å². The van der Waals surface area contributed by atoms with E-state index in [1.54, 1.807) is 0 Å². The van der Waals surface area contributed by atoms with Crippen molar-refractivity contribution in [2.24, 2.45) is 5.92 Å². The molecule has 1 unspecified atom stereocenters. The van der Waals surface area contributed by atoms with E-state index in [1.807, 2.05) is 11.8 Å². The molecular formula is C9H19ClS. The molecule has 0 aromatic heterocycles. The molecule has 0 bridgehead atoms. The molecular weight excluding hydrogens is 176 g/mol. The summed E-state index contributed by atoms with van der Waals surface area (Å²) < 4.78 is 0. The van der Waals surface area contributed by atoms with Crippen molar-refractivity contribution in [3.8, 4) is 0 Å². The van der Waals surface area contributed by atoms with Gasteiger partial charge in [-0.2, -0.15) is 11.8 Å². The zero-order valence-electron chi connectivity index (χ0n) is 7.61. The van der Waals surface area contributed by atoms with Crippen molar-refractivity contribution in [1.29, 1.82) is 0 Å². The summed E-state index contributed by atoms with van der Waals surface area (Å²) >= 11 is 7.61. The molecule has 0 N–H and O–H groups in total. The molecule has 0 aromatic carbocycles. The fourth-order valence-corrected chi connectivity index (χ4v) is 2.39. The monoisotopic (exact) mass is 194 g/mol. The lowest BCUT2D eigenvalue weighted by molar-refractivity contribution is 0.585. The lowest BCUT2D eigenvalue weighted by atomic mass is 10.1. The Balaban J connectivity index is 2.97. The van der Waals surface area contributed by atoms with Gasteiger partial charge in [0.15, 0.2) is 0 Å². The van der Waals surface area contributed by atoms with E-state index in [2.05, 4.69) is 13.8 Å². The summed E-state index contributed by atoms with van der Waals surface area (Å²) in [6, 6.07) is 0. The summed E-state index contributed by atoms with van der Waals surface area (Å²) in [6.45, 7) is 4.58. The van der Waals surface area contributed by atoms with Gasteiger partial charge in [0.25, 0.3) is 0 Å². The lowest BCUT2D eigenvalue weighted by Crippen LogP contribution is -1.98. The van der Waals surface area contributed by atoms with Gasteiger partial charge in [-0.1, -0.05) is 26.7 Å². The Morgan fingerprint density at radius 1 is 1.45 bits per heavy atom. The Morgan fingerprint density at radius 2 is 2.18 bits per heavy atom. The van der Waals surface area contributed by atoms with E-state index < -0.39 is 0 Å². The standard InChI is InChI=1S/C9H19ClS/c1-3-5-9(2)8-11-7-4-6-10/h9H,3-8H2,1-2H3. The molecule has 68 valence electrons. The molecule has 0 amide bonds. The molecule has 0 aliphatic rings. The van der Waals surface area contributed by atoms with Crippen LogP contribution in [0.3, 0.4) is 0 Å². The first-order valence-corrected chi connectivity index (χ1v) is 6.13. The Labute approximate surface area is 80.1 Å². The van der Waals surface area contributed by atoms with Crippen LogP contribution in [-0.4, -0.2) is 17.4 Å². The average Bonchev–Trinajstić information content (AvgIpc) is 1.99. The van der Waals surface area contributed by atoms with Crippen molar-refractivity contribution in [2.45, 2.75) is 33.1 Å². The van der Waals surface area contributed by atoms with Crippen molar-refractivity contribution in [3.05, 3.63) is 0 Å². The van der Waals surface area contributed by atoms with Crippen LogP contribution in [-0.2, 0) is 0 Å². The molecule has 2 heteroatoms. The number of hydrogen-bond acceptors (Lipinski definition) is 1. The first-order valence-electron chi connectivity index (χ1n) is 4.45. The van der Waals surface area contributed by atoms with E-state index in [0.29, 0.717) is 0 Å². The summed E-state index contributed by atoms with van der Waals surface area (Å²) in [6.07, 6.45) is 3.84. The Bertz CT molecular complexity index is 76.0. The number of alkyl halides is 1. The Kier molecular flexibility index (Phi) is 9.24. The van der Waals surface area contributed by atoms with Gasteiger partial charge < -0.3 is 0 Å². The minimum absolute atomic E-state index is 0.815. The molecule has 0 aromatic rings. The van der Waals surface area contributed by atoms with Gasteiger partial charge in [0.05, 0.1) is 0 Å². The second-order valence-electron chi connectivity index (χ2n) is 3.01. The fraction of sp³-hybridized carbons (Fsp3) is 1.00. The van der Waals surface area contributed by atoms with Gasteiger partial charge in [0.2, 0.25) is 0 Å². The van der Waals surface area contributed by atoms with Crippen LogP contribution in [0.5, 0.6) is 0 Å². The molecule has 0 radical (unpaired) electrons. The summed E-state index contributed by atoms with van der Waals surface area (Å²) in [4.78, 5) is 0. The highest BCUT2D eigenvalue weighted by molar-refractivity contribution is 7.99. The second kappa shape index (κ2) is 8.73. The Hall–Kier alpha value is 0.640. The second-order valence-corrected chi connectivity index (χ2v) is 4.54. The van der Waals surface area contributed by atoms with Gasteiger partial charge in [-0.3, -0.25) is 0 Å². The van der Waals surface area contributed by atoms with Gasteiger partial charge in [-0.25, -0.2) is 0 Å². The molecule has 1 atom stereocenters. The highest BCUT2D eigenvalue weighted by atomic mass is 35.5. The SMILES string of the molecule is CCCC(C)CSCCCCl. The molecule has 0 nitrogen and oxygen atoms in total. The number of hydrogen-bond donors (Lipinski definition) is 0. The van der Waals surface area contributed by atoms with E-state index in [1.165, 1.54) is 24.3 Å². The van der Waals surface area contributed by atoms with Crippen LogP contribution in [0, 0.1) is 5.92 Å². The van der Waals surface area contributed by atoms with Gasteiger partial charge in [0, 0.05) is 5.88 Å². The van der Waals surface area contributed by atoms with Gasteiger partial charge >= 0.3 is 0 Å². The van der Waals surface area contributed by atoms with Crippen LogP contribution < -0.4 is 0 Å². The van der Waals surface area contributed by atoms with E-state index >= 15 is 0 Å². The van der Waals surface area contributed by atoms with Crippen molar-refractivity contribution >= 4 is 23.4 Å². The quantitative estimate of drug-likeness (QED) is 0.439. The highest BCUT2D eigenvalue weighted by Crippen LogP contribution is 2.13. The predicted molar refractivity (Wildman–Crippen MR) is 56.7 cm³/mol. The van der Waals surface area contributed by atoms with E-state index in [4.69, 9.17) is 11.6 Å². The molecule has 11 heavy (non-hydrogen) atoms. The van der Waals surface area contributed by atoms with Crippen molar-refractivity contribution in [1.82, 2.24) is 0 Å². The summed E-state index contributed by atoms with van der Waals surface area (Å²) in [5.41, 5.74) is 0. The molecule has 0 rings (SSSR count). The predicted octanol–water partition coefficient (Wildman–Crippen LogP) is 3.78. The third-order valence-electron chi connectivity index (χ3n) is 1.61. The smallest absolute Gasteiger partial charge is 0.0231 e. The first-order chi connectivity index (χ1) is 5.31. The van der Waals surface area contributed by atoms with Crippen LogP contribution in [0.15, 0.2) is 0 Å². The minimum Gasteiger partial charge on any atom is -0.162 e. The molecule has 0 aliphatic carbocycles. The third kappa shape index (κ3) is 8.55. The van der Waals surface area contributed by atoms with Gasteiger partial charge in [0.1, 0.15) is 0 Å². The van der Waals surface area contributed by atoms with Crippen molar-refractivity contribution in [2.75, 3.05) is 17.4 Å². The first kappa shape index (κ1) is 11.6. The molecule has 0 aliphatic heterocycles. The molecule has 0 fully saturated rings. The van der Waals surface area contributed by atoms with E-state index in [9.17, 15) is 0 Å². The summed E-state index contributed by atoms with van der Waals surface area (Å²) in [5.74, 6) is 4.25. The molecule has 0 saturated heterocycles. The zero-order chi connectivity index (χ0) is 8.53. The maximum absolute atomic E-state index is 5.56. The maximum atomic E-state index is 5.56. The van der Waals surface area contributed by atoms with E-state index in [-0.39, 0.29) is 0 Å². The minimum atomic E-state index is 0.815. The summed E-state index contributed by atoms with van der Waals surface area (Å²) in [5, 5.41) is 0.